The van der Waals surface area contributed by atoms with Gasteiger partial charge < -0.3 is 0 Å². The number of pyridine rings is 2. The zero-order valence-corrected chi connectivity index (χ0v) is 15.2. The number of hydrogen-bond donors (Lipinski definition) is 0. The molecule has 0 atom stereocenters. The van der Waals surface area contributed by atoms with E-state index in [4.69, 9.17) is 0 Å². The second kappa shape index (κ2) is 6.34. The Bertz CT molecular complexity index is 1220. The van der Waals surface area contributed by atoms with Gasteiger partial charge in [0, 0.05) is 23.5 Å². The summed E-state index contributed by atoms with van der Waals surface area (Å²) < 4.78 is 2.80. The molecule has 0 N–H and O–H groups in total. The van der Waals surface area contributed by atoms with Crippen molar-refractivity contribution in [3.05, 3.63) is 85.8 Å². The molecule has 130 valence electrons. The molecule has 4 rings (SSSR count). The molecule has 26 heavy (non-hydrogen) atoms. The summed E-state index contributed by atoms with van der Waals surface area (Å²) >= 11 is 1.51. The molecule has 0 saturated heterocycles. The van der Waals surface area contributed by atoms with Crippen LogP contribution in [0.25, 0.3) is 16.0 Å². The van der Waals surface area contributed by atoms with E-state index in [0.29, 0.717) is 11.0 Å². The van der Waals surface area contributed by atoms with E-state index < -0.39 is 0 Å². The second-order valence-electron chi connectivity index (χ2n) is 6.08. The normalized spacial score (nSPS) is 11.2. The Balaban J connectivity index is 2.07. The Morgan fingerprint density at radius 1 is 1.08 bits per heavy atom. The van der Waals surface area contributed by atoms with Crippen molar-refractivity contribution < 1.29 is 0 Å². The molecule has 0 saturated carbocycles. The number of hydrogen-bond acceptors (Lipinski definition) is 5. The topological polar surface area (TPSA) is 69.8 Å². The van der Waals surface area contributed by atoms with Gasteiger partial charge in [-0.25, -0.2) is 14.3 Å². The molecule has 6 nitrogen and oxygen atoms in total. The molecule has 4 aromatic heterocycles. The van der Waals surface area contributed by atoms with Crippen LogP contribution in [0.1, 0.15) is 16.0 Å². The van der Waals surface area contributed by atoms with Crippen molar-refractivity contribution in [1.29, 1.82) is 0 Å². The van der Waals surface area contributed by atoms with Crippen LogP contribution < -0.4 is 11.2 Å². The smallest absolute Gasteiger partial charge is 0.268 e. The second-order valence-corrected chi connectivity index (χ2v) is 7.32. The quantitative estimate of drug-likeness (QED) is 0.560. The molecule has 0 aliphatic carbocycles. The van der Waals surface area contributed by atoms with Crippen LogP contribution in [-0.4, -0.2) is 19.1 Å². The monoisotopic (exact) mass is 364 g/mol. The Hall–Kier alpha value is -3.06. The van der Waals surface area contributed by atoms with Crippen LogP contribution in [0.4, 0.5) is 0 Å². The van der Waals surface area contributed by atoms with Gasteiger partial charge >= 0.3 is 5.69 Å². The zero-order chi connectivity index (χ0) is 18.3. The minimum Gasteiger partial charge on any atom is -0.268 e. The minimum absolute atomic E-state index is 0.189. The number of rotatable bonds is 3. The third-order valence-corrected chi connectivity index (χ3v) is 5.34. The van der Waals surface area contributed by atoms with Gasteiger partial charge in [0.25, 0.3) is 5.56 Å². The summed E-state index contributed by atoms with van der Waals surface area (Å²) in [4.78, 5) is 35.6. The van der Waals surface area contributed by atoms with Crippen LogP contribution in [-0.2, 0) is 6.54 Å². The van der Waals surface area contributed by atoms with E-state index in [1.54, 1.807) is 47.4 Å². The Labute approximate surface area is 153 Å². The highest BCUT2D eigenvalue weighted by atomic mass is 32.1. The molecule has 7 heteroatoms. The molecule has 0 amide bonds. The van der Waals surface area contributed by atoms with E-state index in [1.165, 1.54) is 15.9 Å². The molecule has 0 fully saturated rings. The van der Waals surface area contributed by atoms with Crippen molar-refractivity contribution in [2.75, 3.05) is 0 Å². The Morgan fingerprint density at radius 3 is 2.54 bits per heavy atom. The van der Waals surface area contributed by atoms with Crippen LogP contribution in [0.5, 0.6) is 0 Å². The number of fused-ring (bicyclic) bond motifs is 1. The number of aryl methyl sites for hydroxylation is 2. The molecule has 4 heterocycles. The minimum atomic E-state index is -0.386. The van der Waals surface area contributed by atoms with Gasteiger partial charge in [-0.3, -0.25) is 14.3 Å². The number of nitrogens with zero attached hydrogens (tertiary/aromatic N) is 4. The maximum absolute atomic E-state index is 13.2. The van der Waals surface area contributed by atoms with E-state index in [0.717, 1.165) is 21.0 Å². The average molecular weight is 364 g/mol. The number of thiophene rings is 1. The molecule has 0 unspecified atom stereocenters. The van der Waals surface area contributed by atoms with Crippen molar-refractivity contribution in [3.63, 3.8) is 0 Å². The predicted octanol–water partition coefficient (Wildman–Crippen LogP) is 2.67. The lowest BCUT2D eigenvalue weighted by molar-refractivity contribution is 0.684. The van der Waals surface area contributed by atoms with E-state index in [9.17, 15) is 9.59 Å². The lowest BCUT2D eigenvalue weighted by Crippen LogP contribution is -2.40. The summed E-state index contributed by atoms with van der Waals surface area (Å²) in [6.45, 7) is 4.14. The van der Waals surface area contributed by atoms with Gasteiger partial charge in [-0.05, 0) is 55.3 Å². The maximum atomic E-state index is 13.2. The zero-order valence-electron chi connectivity index (χ0n) is 14.3. The fourth-order valence-electron chi connectivity index (χ4n) is 3.03. The summed E-state index contributed by atoms with van der Waals surface area (Å²) in [5, 5.41) is 1.21. The van der Waals surface area contributed by atoms with Crippen molar-refractivity contribution >= 4 is 22.4 Å². The van der Waals surface area contributed by atoms with Gasteiger partial charge in [0.15, 0.2) is 5.65 Å². The van der Waals surface area contributed by atoms with Crippen LogP contribution >= 0.6 is 11.3 Å². The van der Waals surface area contributed by atoms with Crippen molar-refractivity contribution in [2.45, 2.75) is 20.4 Å². The first-order valence-corrected chi connectivity index (χ1v) is 8.95. The van der Waals surface area contributed by atoms with Crippen molar-refractivity contribution in [1.82, 2.24) is 19.1 Å². The van der Waals surface area contributed by atoms with Gasteiger partial charge in [0.2, 0.25) is 0 Å². The molecule has 0 aliphatic rings. The fraction of sp³-hybridized carbons (Fsp3) is 0.158. The third kappa shape index (κ3) is 2.66. The van der Waals surface area contributed by atoms with E-state index in [1.807, 2.05) is 19.9 Å². The van der Waals surface area contributed by atoms with Crippen molar-refractivity contribution in [3.8, 4) is 5.00 Å². The summed E-state index contributed by atoms with van der Waals surface area (Å²) in [5.74, 6) is 0. The molecular formula is C19H16N4O2S. The molecule has 0 radical (unpaired) electrons. The first-order chi connectivity index (χ1) is 12.6. The van der Waals surface area contributed by atoms with Gasteiger partial charge in [-0.2, -0.15) is 0 Å². The van der Waals surface area contributed by atoms with E-state index >= 15 is 0 Å². The summed E-state index contributed by atoms with van der Waals surface area (Å²) in [7, 11) is 0. The highest BCUT2D eigenvalue weighted by Gasteiger charge is 2.18. The number of aromatic nitrogens is 4. The highest BCUT2D eigenvalue weighted by Crippen LogP contribution is 2.25. The molecule has 0 spiro atoms. The summed E-state index contributed by atoms with van der Waals surface area (Å²) in [5.41, 5.74) is 1.49. The molecule has 0 aromatic carbocycles. The Morgan fingerprint density at radius 2 is 1.85 bits per heavy atom. The SMILES string of the molecule is Cc1cc(C)c(-n2c(=O)n(Cc3ccncc3)c(=O)c3cccnc32)s1. The lowest BCUT2D eigenvalue weighted by Gasteiger charge is -2.13. The van der Waals surface area contributed by atoms with E-state index in [2.05, 4.69) is 9.97 Å². The van der Waals surface area contributed by atoms with Crippen LogP contribution in [0.15, 0.2) is 58.5 Å². The average Bonchev–Trinajstić information content (AvgIpc) is 2.98. The van der Waals surface area contributed by atoms with Crippen LogP contribution in [0, 0.1) is 13.8 Å². The molecule has 0 aliphatic heterocycles. The van der Waals surface area contributed by atoms with Crippen LogP contribution in [0.2, 0.25) is 0 Å². The first-order valence-electron chi connectivity index (χ1n) is 8.13. The summed E-state index contributed by atoms with van der Waals surface area (Å²) in [6, 6.07) is 9.04. The third-order valence-electron chi connectivity index (χ3n) is 4.20. The standard InChI is InChI=1S/C19H16N4O2S/c1-12-10-13(2)26-18(12)23-16-15(4-3-7-21-16)17(24)22(19(23)25)11-14-5-8-20-9-6-14/h3-10H,11H2,1-2H3. The van der Waals surface area contributed by atoms with Crippen LogP contribution in [0.3, 0.4) is 0 Å². The maximum Gasteiger partial charge on any atom is 0.338 e. The Kier molecular flexibility index (Phi) is 4.00. The largest absolute Gasteiger partial charge is 0.338 e. The summed E-state index contributed by atoms with van der Waals surface area (Å²) in [6.07, 6.45) is 4.89. The molecule has 0 bridgehead atoms. The van der Waals surface area contributed by atoms with Gasteiger partial charge in [0.1, 0.15) is 5.00 Å². The fourth-order valence-corrected chi connectivity index (χ4v) is 4.05. The predicted molar refractivity (Wildman–Crippen MR) is 102 cm³/mol. The first kappa shape index (κ1) is 16.4. The highest BCUT2D eigenvalue weighted by molar-refractivity contribution is 7.14. The molecule has 4 aromatic rings. The van der Waals surface area contributed by atoms with Crippen molar-refractivity contribution in [2.24, 2.45) is 0 Å². The van der Waals surface area contributed by atoms with Gasteiger partial charge in [-0.15, -0.1) is 11.3 Å². The van der Waals surface area contributed by atoms with E-state index in [-0.39, 0.29) is 17.8 Å². The van der Waals surface area contributed by atoms with Gasteiger partial charge in [0.05, 0.1) is 11.9 Å². The lowest BCUT2D eigenvalue weighted by atomic mass is 10.2. The van der Waals surface area contributed by atoms with Gasteiger partial charge in [-0.1, -0.05) is 0 Å². The molecular weight excluding hydrogens is 348 g/mol.